The Morgan fingerprint density at radius 3 is 2.38 bits per heavy atom. The average Bonchev–Trinajstić information content (AvgIpc) is 2.12. The summed E-state index contributed by atoms with van der Waals surface area (Å²) in [5.41, 5.74) is -2.53. The minimum Gasteiger partial charge on any atom is -0.481 e. The van der Waals surface area contributed by atoms with Crippen molar-refractivity contribution in [3.8, 4) is 12.3 Å². The number of carboxylic acid groups (broad SMARTS) is 1. The third kappa shape index (κ3) is 1.72. The van der Waals surface area contributed by atoms with Crippen LogP contribution in [0.1, 0.15) is 46.5 Å². The molecule has 1 fully saturated rings. The van der Waals surface area contributed by atoms with Crippen LogP contribution in [0.25, 0.3) is 0 Å². The van der Waals surface area contributed by atoms with E-state index in [2.05, 4.69) is 5.92 Å². The second-order valence-electron chi connectivity index (χ2n) is 5.72. The third-order valence-electron chi connectivity index (χ3n) is 4.13. The summed E-state index contributed by atoms with van der Waals surface area (Å²) in [7, 11) is 0. The first-order valence-electron chi connectivity index (χ1n) is 5.60. The first-order valence-corrected chi connectivity index (χ1v) is 5.60. The zero-order chi connectivity index (χ0) is 12.6. The fourth-order valence-electron chi connectivity index (χ4n) is 3.02. The summed E-state index contributed by atoms with van der Waals surface area (Å²) in [4.78, 5) is 10.9. The van der Waals surface area contributed by atoms with Crippen LogP contribution >= 0.6 is 0 Å². The van der Waals surface area contributed by atoms with Crippen molar-refractivity contribution in [2.24, 2.45) is 10.8 Å². The van der Waals surface area contributed by atoms with E-state index in [9.17, 15) is 9.90 Å². The molecule has 1 rings (SSSR count). The molecular formula is C13H20O3. The largest absolute Gasteiger partial charge is 0.481 e. The topological polar surface area (TPSA) is 57.5 Å². The Balaban J connectivity index is 3.18. The van der Waals surface area contributed by atoms with Crippen molar-refractivity contribution in [2.45, 2.75) is 52.1 Å². The molecule has 0 saturated heterocycles. The highest BCUT2D eigenvalue weighted by atomic mass is 16.4. The molecule has 0 aliphatic heterocycles. The normalized spacial score (nSPS) is 37.7. The van der Waals surface area contributed by atoms with Gasteiger partial charge in [0.05, 0.1) is 6.42 Å². The van der Waals surface area contributed by atoms with Gasteiger partial charge < -0.3 is 10.2 Å². The molecule has 0 bridgehead atoms. The lowest BCUT2D eigenvalue weighted by atomic mass is 9.52. The quantitative estimate of drug-likeness (QED) is 0.706. The second kappa shape index (κ2) is 3.78. The Bertz CT molecular complexity index is 340. The molecule has 2 N–H and O–H groups in total. The third-order valence-corrected chi connectivity index (χ3v) is 4.13. The molecule has 0 radical (unpaired) electrons. The molecular weight excluding hydrogens is 204 g/mol. The van der Waals surface area contributed by atoms with Crippen LogP contribution in [-0.2, 0) is 4.79 Å². The lowest BCUT2D eigenvalue weighted by Crippen LogP contribution is -2.58. The summed E-state index contributed by atoms with van der Waals surface area (Å²) in [5, 5.41) is 19.6. The van der Waals surface area contributed by atoms with Gasteiger partial charge in [-0.1, -0.05) is 33.1 Å². The number of rotatable bonds is 2. The number of terminal acetylenes is 1. The van der Waals surface area contributed by atoms with Gasteiger partial charge >= 0.3 is 5.97 Å². The molecule has 2 unspecified atom stereocenters. The highest BCUT2D eigenvalue weighted by Crippen LogP contribution is 2.55. The molecule has 0 heterocycles. The summed E-state index contributed by atoms with van der Waals surface area (Å²) in [5.74, 6) is 1.55. The number of hydrogen-bond acceptors (Lipinski definition) is 2. The molecule has 0 aromatic carbocycles. The van der Waals surface area contributed by atoms with E-state index in [-0.39, 0.29) is 6.42 Å². The van der Waals surface area contributed by atoms with Gasteiger partial charge in [-0.2, -0.15) is 0 Å². The van der Waals surface area contributed by atoms with Gasteiger partial charge in [0.2, 0.25) is 0 Å². The second-order valence-corrected chi connectivity index (χ2v) is 5.72. The lowest BCUT2D eigenvalue weighted by molar-refractivity contribution is -0.164. The molecule has 1 saturated carbocycles. The van der Waals surface area contributed by atoms with Gasteiger partial charge in [0.25, 0.3) is 0 Å². The molecule has 1 aliphatic carbocycles. The van der Waals surface area contributed by atoms with Crippen LogP contribution in [0.5, 0.6) is 0 Å². The predicted octanol–water partition coefficient (Wildman–Crippen LogP) is 2.04. The Hall–Kier alpha value is -1.01. The zero-order valence-electron chi connectivity index (χ0n) is 10.2. The van der Waals surface area contributed by atoms with E-state index >= 15 is 0 Å². The van der Waals surface area contributed by atoms with Gasteiger partial charge in [0.1, 0.15) is 5.60 Å². The average molecular weight is 224 g/mol. The van der Waals surface area contributed by atoms with E-state index in [1.54, 1.807) is 6.92 Å². The molecule has 0 amide bonds. The van der Waals surface area contributed by atoms with E-state index in [0.29, 0.717) is 6.42 Å². The number of aliphatic carboxylic acids is 1. The summed E-state index contributed by atoms with van der Waals surface area (Å²) >= 11 is 0. The Kier molecular flexibility index (Phi) is 3.08. The van der Waals surface area contributed by atoms with Crippen LogP contribution < -0.4 is 0 Å². The lowest BCUT2D eigenvalue weighted by Gasteiger charge is -2.54. The maximum Gasteiger partial charge on any atom is 0.304 e. The van der Waals surface area contributed by atoms with Gasteiger partial charge in [-0.15, -0.1) is 6.42 Å². The Labute approximate surface area is 96.9 Å². The molecule has 90 valence electrons. The molecule has 2 atom stereocenters. The van der Waals surface area contributed by atoms with Crippen LogP contribution in [0.15, 0.2) is 0 Å². The monoisotopic (exact) mass is 224 g/mol. The summed E-state index contributed by atoms with van der Waals surface area (Å²) in [6, 6.07) is 0. The minimum atomic E-state index is -1.35. The number of aliphatic hydroxyl groups is 1. The van der Waals surface area contributed by atoms with Crippen molar-refractivity contribution in [3.63, 3.8) is 0 Å². The van der Waals surface area contributed by atoms with Crippen molar-refractivity contribution in [2.75, 3.05) is 0 Å². The summed E-state index contributed by atoms with van der Waals surface area (Å²) < 4.78 is 0. The molecule has 1 aliphatic rings. The standard InChI is InChI=1S/C13H20O3/c1-5-13(16)11(2,3)7-6-8-12(13,4)9-10(14)15/h1,16H,6-9H2,2-4H3,(H,14,15). The summed E-state index contributed by atoms with van der Waals surface area (Å²) in [6.45, 7) is 5.60. The first-order chi connectivity index (χ1) is 7.18. The highest BCUT2D eigenvalue weighted by molar-refractivity contribution is 5.68. The van der Waals surface area contributed by atoms with E-state index in [1.165, 1.54) is 0 Å². The predicted molar refractivity (Wildman–Crippen MR) is 61.8 cm³/mol. The van der Waals surface area contributed by atoms with Crippen molar-refractivity contribution in [1.82, 2.24) is 0 Å². The van der Waals surface area contributed by atoms with Crippen LogP contribution in [0.4, 0.5) is 0 Å². The van der Waals surface area contributed by atoms with Crippen LogP contribution in [0.3, 0.4) is 0 Å². The van der Waals surface area contributed by atoms with Crippen LogP contribution in [-0.4, -0.2) is 21.8 Å². The zero-order valence-corrected chi connectivity index (χ0v) is 10.2. The van der Waals surface area contributed by atoms with Crippen molar-refractivity contribution in [1.29, 1.82) is 0 Å². The van der Waals surface area contributed by atoms with Gasteiger partial charge in [0, 0.05) is 10.8 Å². The maximum absolute atomic E-state index is 10.9. The molecule has 16 heavy (non-hydrogen) atoms. The van der Waals surface area contributed by atoms with Crippen molar-refractivity contribution >= 4 is 5.97 Å². The van der Waals surface area contributed by atoms with E-state index in [1.807, 2.05) is 13.8 Å². The fraction of sp³-hybridized carbons (Fsp3) is 0.769. The van der Waals surface area contributed by atoms with Gasteiger partial charge in [-0.25, -0.2) is 0 Å². The van der Waals surface area contributed by atoms with Crippen molar-refractivity contribution in [3.05, 3.63) is 0 Å². The first kappa shape index (κ1) is 13.1. The SMILES string of the molecule is C#CC1(O)C(C)(C)CCCC1(C)CC(=O)O. The Morgan fingerprint density at radius 1 is 1.38 bits per heavy atom. The number of hydrogen-bond donors (Lipinski definition) is 2. The van der Waals surface area contributed by atoms with E-state index < -0.39 is 22.4 Å². The molecule has 0 aromatic heterocycles. The van der Waals surface area contributed by atoms with Crippen LogP contribution in [0.2, 0.25) is 0 Å². The number of carboxylic acids is 1. The van der Waals surface area contributed by atoms with Gasteiger partial charge in [-0.3, -0.25) is 4.79 Å². The molecule has 0 spiro atoms. The van der Waals surface area contributed by atoms with Crippen molar-refractivity contribution < 1.29 is 15.0 Å². The fourth-order valence-corrected chi connectivity index (χ4v) is 3.02. The molecule has 3 heteroatoms. The Morgan fingerprint density at radius 2 is 1.94 bits per heavy atom. The van der Waals surface area contributed by atoms with E-state index in [0.717, 1.165) is 12.8 Å². The maximum atomic E-state index is 10.9. The van der Waals surface area contributed by atoms with E-state index in [4.69, 9.17) is 11.5 Å². The smallest absolute Gasteiger partial charge is 0.304 e. The molecule has 0 aromatic rings. The molecule has 3 nitrogen and oxygen atoms in total. The van der Waals surface area contributed by atoms with Crippen LogP contribution in [0, 0.1) is 23.2 Å². The van der Waals surface area contributed by atoms with Gasteiger partial charge in [-0.05, 0) is 12.8 Å². The summed E-state index contributed by atoms with van der Waals surface area (Å²) in [6.07, 6.45) is 7.77. The number of carbonyl (C=O) groups is 1. The highest BCUT2D eigenvalue weighted by Gasteiger charge is 2.57. The minimum absolute atomic E-state index is 0.0862. The van der Waals surface area contributed by atoms with Gasteiger partial charge in [0.15, 0.2) is 0 Å².